The van der Waals surface area contributed by atoms with E-state index in [1.54, 1.807) is 12.3 Å². The molecule has 23 heavy (non-hydrogen) atoms. The first-order valence-corrected chi connectivity index (χ1v) is 8.39. The molecular weight excluding hydrogens is 295 g/mol. The summed E-state index contributed by atoms with van der Waals surface area (Å²) in [6.45, 7) is 6.01. The molecule has 0 aliphatic carbocycles. The topological polar surface area (TPSA) is 39.7 Å². The maximum Gasteiger partial charge on any atom is 0.222 e. The average Bonchev–Trinajstić information content (AvgIpc) is 2.71. The summed E-state index contributed by atoms with van der Waals surface area (Å²) in [6, 6.07) is 1.74. The van der Waals surface area contributed by atoms with Gasteiger partial charge in [-0.3, -0.25) is 14.7 Å². The molecule has 2 aliphatic rings. The molecule has 3 rings (SSSR count). The Morgan fingerprint density at radius 3 is 2.87 bits per heavy atom. The van der Waals surface area contributed by atoms with Crippen molar-refractivity contribution < 1.29 is 9.18 Å². The number of likely N-dealkylation sites (tertiary alicyclic amines) is 1. The third kappa shape index (κ3) is 3.04. The highest BCUT2D eigenvalue weighted by molar-refractivity contribution is 5.76. The number of pyridine rings is 1. The fourth-order valence-electron chi connectivity index (χ4n) is 3.86. The lowest BCUT2D eigenvalue weighted by molar-refractivity contribution is -0.130. The fourth-order valence-corrected chi connectivity index (χ4v) is 3.86. The van der Waals surface area contributed by atoms with Gasteiger partial charge in [0.15, 0.2) is 5.82 Å². The molecule has 0 unspecified atom stereocenters. The summed E-state index contributed by atoms with van der Waals surface area (Å²) in [7, 11) is 2.13. The van der Waals surface area contributed by atoms with E-state index in [1.165, 1.54) is 6.20 Å². The van der Waals surface area contributed by atoms with Crippen molar-refractivity contribution in [2.45, 2.75) is 31.7 Å². The van der Waals surface area contributed by atoms with Crippen molar-refractivity contribution in [1.29, 1.82) is 0 Å². The highest BCUT2D eigenvalue weighted by Gasteiger charge is 2.42. The number of nitrogens with zero attached hydrogens (tertiary/aromatic N) is 4. The van der Waals surface area contributed by atoms with Crippen molar-refractivity contribution >= 4 is 11.6 Å². The van der Waals surface area contributed by atoms with Crippen molar-refractivity contribution in [2.24, 2.45) is 0 Å². The molecule has 1 aromatic rings. The number of halogens is 1. The summed E-state index contributed by atoms with van der Waals surface area (Å²) in [4.78, 5) is 22.5. The second-order valence-electron chi connectivity index (χ2n) is 6.62. The molecular formula is C17H25FN4O. The smallest absolute Gasteiger partial charge is 0.222 e. The second kappa shape index (κ2) is 6.43. The molecule has 0 aromatic carbocycles. The van der Waals surface area contributed by atoms with E-state index in [0.29, 0.717) is 12.1 Å². The maximum absolute atomic E-state index is 14.1. The normalized spacial score (nSPS) is 26.7. The van der Waals surface area contributed by atoms with Crippen LogP contribution in [0, 0.1) is 5.82 Å². The number of carbonyl (C=O) groups is 1. The van der Waals surface area contributed by atoms with Crippen LogP contribution >= 0.6 is 0 Å². The number of anilines is 1. The molecule has 2 aliphatic heterocycles. The van der Waals surface area contributed by atoms with Gasteiger partial charge in [0.2, 0.25) is 5.91 Å². The third-order valence-corrected chi connectivity index (χ3v) is 5.48. The molecule has 2 fully saturated rings. The Bertz CT molecular complexity index is 581. The first-order valence-electron chi connectivity index (χ1n) is 8.39. The van der Waals surface area contributed by atoms with Gasteiger partial charge in [-0.1, -0.05) is 0 Å². The minimum absolute atomic E-state index is 0.0620. The quantitative estimate of drug-likeness (QED) is 0.832. The van der Waals surface area contributed by atoms with Crippen LogP contribution in [-0.4, -0.2) is 66.0 Å². The molecule has 0 bridgehead atoms. The van der Waals surface area contributed by atoms with Gasteiger partial charge in [-0.2, -0.15) is 0 Å². The highest BCUT2D eigenvalue weighted by atomic mass is 19.1. The molecule has 0 saturated carbocycles. The van der Waals surface area contributed by atoms with Gasteiger partial charge in [0.1, 0.15) is 0 Å². The van der Waals surface area contributed by atoms with E-state index >= 15 is 0 Å². The summed E-state index contributed by atoms with van der Waals surface area (Å²) in [6.07, 6.45) is 5.26. The maximum atomic E-state index is 14.1. The van der Waals surface area contributed by atoms with Crippen molar-refractivity contribution in [3.8, 4) is 0 Å². The van der Waals surface area contributed by atoms with Gasteiger partial charge in [0.05, 0.1) is 11.9 Å². The number of carbonyl (C=O) groups excluding carboxylic acids is 1. The van der Waals surface area contributed by atoms with Crippen LogP contribution in [-0.2, 0) is 4.79 Å². The van der Waals surface area contributed by atoms with Gasteiger partial charge in [-0.25, -0.2) is 4.39 Å². The molecule has 1 atom stereocenters. The number of hydrogen-bond donors (Lipinski definition) is 0. The van der Waals surface area contributed by atoms with Gasteiger partial charge in [-0.05, 0) is 32.9 Å². The monoisotopic (exact) mass is 320 g/mol. The van der Waals surface area contributed by atoms with Gasteiger partial charge < -0.3 is 9.80 Å². The first kappa shape index (κ1) is 16.2. The molecule has 1 aromatic heterocycles. The second-order valence-corrected chi connectivity index (χ2v) is 6.62. The zero-order valence-electron chi connectivity index (χ0n) is 14.0. The van der Waals surface area contributed by atoms with E-state index in [9.17, 15) is 9.18 Å². The minimum atomic E-state index is -0.271. The van der Waals surface area contributed by atoms with Crippen LogP contribution in [0.3, 0.4) is 0 Å². The molecule has 2 saturated heterocycles. The van der Waals surface area contributed by atoms with Gasteiger partial charge in [0, 0.05) is 50.9 Å². The lowest BCUT2D eigenvalue weighted by Crippen LogP contribution is -2.61. The van der Waals surface area contributed by atoms with Crippen molar-refractivity contribution in [3.63, 3.8) is 0 Å². The van der Waals surface area contributed by atoms with Crippen LogP contribution in [0.1, 0.15) is 26.2 Å². The molecule has 3 heterocycles. The molecule has 5 nitrogen and oxygen atoms in total. The van der Waals surface area contributed by atoms with E-state index in [-0.39, 0.29) is 17.3 Å². The van der Waals surface area contributed by atoms with Crippen molar-refractivity contribution in [3.05, 3.63) is 24.3 Å². The Kier molecular flexibility index (Phi) is 4.53. The summed E-state index contributed by atoms with van der Waals surface area (Å²) >= 11 is 0. The van der Waals surface area contributed by atoms with Crippen LogP contribution < -0.4 is 4.90 Å². The predicted molar refractivity (Wildman–Crippen MR) is 87.9 cm³/mol. The molecule has 0 radical (unpaired) electrons. The van der Waals surface area contributed by atoms with Crippen LogP contribution in [0.15, 0.2) is 18.5 Å². The van der Waals surface area contributed by atoms with E-state index < -0.39 is 0 Å². The zero-order chi connectivity index (χ0) is 16.4. The SMILES string of the molecule is CCN1CC[C@@]2(CCC1=O)CN(c1ccncc1F)CCN2C. The van der Waals surface area contributed by atoms with E-state index in [0.717, 1.165) is 45.6 Å². The van der Waals surface area contributed by atoms with Crippen LogP contribution in [0.2, 0.25) is 0 Å². The summed E-state index contributed by atoms with van der Waals surface area (Å²) < 4.78 is 14.1. The number of amides is 1. The number of likely N-dealkylation sites (N-methyl/N-ethyl adjacent to an activating group) is 1. The predicted octanol–water partition coefficient (Wildman–Crippen LogP) is 1.74. The van der Waals surface area contributed by atoms with E-state index in [1.807, 2.05) is 11.8 Å². The Balaban J connectivity index is 1.83. The zero-order valence-corrected chi connectivity index (χ0v) is 14.0. The fraction of sp³-hybridized carbons (Fsp3) is 0.647. The average molecular weight is 320 g/mol. The summed E-state index contributed by atoms with van der Waals surface area (Å²) in [5.41, 5.74) is 0.559. The number of rotatable bonds is 2. The largest absolute Gasteiger partial charge is 0.366 e. The van der Waals surface area contributed by atoms with E-state index in [4.69, 9.17) is 0 Å². The Morgan fingerprint density at radius 1 is 1.30 bits per heavy atom. The molecule has 6 heteroatoms. The van der Waals surface area contributed by atoms with Crippen molar-refractivity contribution in [1.82, 2.24) is 14.8 Å². The molecule has 1 spiro atoms. The lowest BCUT2D eigenvalue weighted by atomic mass is 9.86. The Hall–Kier alpha value is -1.69. The van der Waals surface area contributed by atoms with Crippen LogP contribution in [0.5, 0.6) is 0 Å². The number of piperazine rings is 1. The van der Waals surface area contributed by atoms with Gasteiger partial charge in [-0.15, -0.1) is 0 Å². The minimum Gasteiger partial charge on any atom is -0.366 e. The standard InChI is InChI=1S/C17H25FN4O/c1-3-21-9-7-17(6-4-16(21)23)13-22(11-10-20(17)2)15-5-8-19-12-14(15)18/h5,8,12H,3-4,6-7,9-11,13H2,1-2H3/t17-/m0/s1. The Labute approximate surface area is 137 Å². The lowest BCUT2D eigenvalue weighted by Gasteiger charge is -2.50. The molecule has 1 amide bonds. The highest BCUT2D eigenvalue weighted by Crippen LogP contribution is 2.34. The molecule has 0 N–H and O–H groups in total. The third-order valence-electron chi connectivity index (χ3n) is 5.48. The van der Waals surface area contributed by atoms with Gasteiger partial charge in [0.25, 0.3) is 0 Å². The molecule has 126 valence electrons. The Morgan fingerprint density at radius 2 is 2.13 bits per heavy atom. The van der Waals surface area contributed by atoms with Crippen molar-refractivity contribution in [2.75, 3.05) is 44.7 Å². The summed E-state index contributed by atoms with van der Waals surface area (Å²) in [5.74, 6) is -0.0305. The van der Waals surface area contributed by atoms with Crippen LogP contribution in [0.25, 0.3) is 0 Å². The number of aromatic nitrogens is 1. The first-order chi connectivity index (χ1) is 11.1. The van der Waals surface area contributed by atoms with Gasteiger partial charge >= 0.3 is 0 Å². The van der Waals surface area contributed by atoms with E-state index in [2.05, 4.69) is 21.8 Å². The van der Waals surface area contributed by atoms with Crippen LogP contribution in [0.4, 0.5) is 10.1 Å². The summed E-state index contributed by atoms with van der Waals surface area (Å²) in [5, 5.41) is 0. The number of hydrogen-bond acceptors (Lipinski definition) is 4.